The molecule has 2 N–H and O–H groups in total. The molecule has 0 saturated carbocycles. The SMILES string of the molecule is CCOc1ccc(CNCCCC(=O)O)cc1C. The van der Waals surface area contributed by atoms with E-state index < -0.39 is 5.97 Å². The van der Waals surface area contributed by atoms with Gasteiger partial charge in [0, 0.05) is 13.0 Å². The van der Waals surface area contributed by atoms with Crippen LogP contribution in [0, 0.1) is 6.92 Å². The molecule has 0 radical (unpaired) electrons. The maximum atomic E-state index is 10.3. The smallest absolute Gasteiger partial charge is 0.303 e. The molecule has 4 nitrogen and oxygen atoms in total. The van der Waals surface area contributed by atoms with Gasteiger partial charge in [-0.2, -0.15) is 0 Å². The van der Waals surface area contributed by atoms with E-state index in [0.717, 1.165) is 24.4 Å². The van der Waals surface area contributed by atoms with Crippen molar-refractivity contribution < 1.29 is 14.6 Å². The average molecular weight is 251 g/mol. The minimum absolute atomic E-state index is 0.218. The highest BCUT2D eigenvalue weighted by atomic mass is 16.5. The van der Waals surface area contributed by atoms with Gasteiger partial charge in [-0.3, -0.25) is 4.79 Å². The van der Waals surface area contributed by atoms with E-state index in [9.17, 15) is 4.79 Å². The molecule has 1 aromatic rings. The standard InChI is InChI=1S/C14H21NO3/c1-3-18-13-7-6-12(9-11(13)2)10-15-8-4-5-14(16)17/h6-7,9,15H,3-5,8,10H2,1-2H3,(H,16,17). The van der Waals surface area contributed by atoms with Crippen LogP contribution in [0.3, 0.4) is 0 Å². The predicted molar refractivity (Wildman–Crippen MR) is 70.9 cm³/mol. The van der Waals surface area contributed by atoms with E-state index >= 15 is 0 Å². The van der Waals surface area contributed by atoms with Gasteiger partial charge in [0.05, 0.1) is 6.61 Å². The van der Waals surface area contributed by atoms with Gasteiger partial charge >= 0.3 is 5.97 Å². The van der Waals surface area contributed by atoms with Gasteiger partial charge in [0.1, 0.15) is 5.75 Å². The highest BCUT2D eigenvalue weighted by Crippen LogP contribution is 2.18. The molecule has 1 rings (SSSR count). The molecule has 0 bridgehead atoms. The third-order valence-corrected chi connectivity index (χ3v) is 2.61. The lowest BCUT2D eigenvalue weighted by atomic mass is 10.1. The highest BCUT2D eigenvalue weighted by molar-refractivity contribution is 5.66. The van der Waals surface area contributed by atoms with Crippen molar-refractivity contribution in [3.05, 3.63) is 29.3 Å². The molecule has 0 aliphatic heterocycles. The summed E-state index contributed by atoms with van der Waals surface area (Å²) < 4.78 is 5.48. The molecule has 0 atom stereocenters. The van der Waals surface area contributed by atoms with Gasteiger partial charge in [-0.1, -0.05) is 12.1 Å². The van der Waals surface area contributed by atoms with Crippen molar-refractivity contribution in [2.45, 2.75) is 33.2 Å². The van der Waals surface area contributed by atoms with E-state index in [0.29, 0.717) is 13.0 Å². The average Bonchev–Trinajstić information content (AvgIpc) is 2.32. The Bertz CT molecular complexity index is 391. The minimum atomic E-state index is -0.742. The molecule has 0 spiro atoms. The molecule has 0 fully saturated rings. The van der Waals surface area contributed by atoms with E-state index in [2.05, 4.69) is 11.4 Å². The van der Waals surface area contributed by atoms with Crippen LogP contribution in [0.25, 0.3) is 0 Å². The van der Waals surface area contributed by atoms with Gasteiger partial charge in [-0.15, -0.1) is 0 Å². The van der Waals surface area contributed by atoms with Crippen molar-refractivity contribution in [1.29, 1.82) is 0 Å². The summed E-state index contributed by atoms with van der Waals surface area (Å²) in [5, 5.41) is 11.7. The minimum Gasteiger partial charge on any atom is -0.494 e. The van der Waals surface area contributed by atoms with Crippen LogP contribution in [0.2, 0.25) is 0 Å². The number of benzene rings is 1. The number of aryl methyl sites for hydroxylation is 1. The Kier molecular flexibility index (Phi) is 6.22. The number of ether oxygens (including phenoxy) is 1. The molecular formula is C14H21NO3. The summed E-state index contributed by atoms with van der Waals surface area (Å²) in [6, 6.07) is 6.10. The second kappa shape index (κ2) is 7.71. The Labute approximate surface area is 108 Å². The Hall–Kier alpha value is -1.55. The summed E-state index contributed by atoms with van der Waals surface area (Å²) in [5.41, 5.74) is 2.31. The third kappa shape index (κ3) is 5.19. The summed E-state index contributed by atoms with van der Waals surface area (Å²) in [7, 11) is 0. The Morgan fingerprint density at radius 3 is 2.83 bits per heavy atom. The lowest BCUT2D eigenvalue weighted by Gasteiger charge is -2.09. The molecule has 100 valence electrons. The molecule has 0 saturated heterocycles. The molecule has 1 aromatic carbocycles. The van der Waals surface area contributed by atoms with Crippen LogP contribution in [-0.4, -0.2) is 24.2 Å². The quantitative estimate of drug-likeness (QED) is 0.696. The number of carboxylic acids is 1. The van der Waals surface area contributed by atoms with Gasteiger partial charge in [0.2, 0.25) is 0 Å². The highest BCUT2D eigenvalue weighted by Gasteiger charge is 2.01. The third-order valence-electron chi connectivity index (χ3n) is 2.61. The number of hydrogen-bond acceptors (Lipinski definition) is 3. The number of rotatable bonds is 8. The first kappa shape index (κ1) is 14.5. The summed E-state index contributed by atoms with van der Waals surface area (Å²) in [5.74, 6) is 0.181. The normalized spacial score (nSPS) is 10.3. The second-order valence-electron chi connectivity index (χ2n) is 4.21. The van der Waals surface area contributed by atoms with Crippen molar-refractivity contribution in [2.75, 3.05) is 13.2 Å². The molecule has 0 aromatic heterocycles. The summed E-state index contributed by atoms with van der Waals surface area (Å²) in [4.78, 5) is 10.3. The van der Waals surface area contributed by atoms with Gasteiger partial charge < -0.3 is 15.2 Å². The van der Waals surface area contributed by atoms with Crippen molar-refractivity contribution in [2.24, 2.45) is 0 Å². The fourth-order valence-corrected chi connectivity index (χ4v) is 1.74. The summed E-state index contributed by atoms with van der Waals surface area (Å²) >= 11 is 0. The first-order valence-corrected chi connectivity index (χ1v) is 6.28. The maximum Gasteiger partial charge on any atom is 0.303 e. The number of nitrogens with one attached hydrogen (secondary N) is 1. The number of carboxylic acid groups (broad SMARTS) is 1. The topological polar surface area (TPSA) is 58.6 Å². The molecule has 0 heterocycles. The molecule has 0 unspecified atom stereocenters. The summed E-state index contributed by atoms with van der Waals surface area (Å²) in [6.45, 7) is 6.15. The van der Waals surface area contributed by atoms with E-state index in [1.165, 1.54) is 5.56 Å². The molecule has 0 aliphatic carbocycles. The Morgan fingerprint density at radius 1 is 1.44 bits per heavy atom. The zero-order valence-corrected chi connectivity index (χ0v) is 11.0. The van der Waals surface area contributed by atoms with Crippen LogP contribution in [0.4, 0.5) is 0 Å². The predicted octanol–water partition coefficient (Wildman–Crippen LogP) is 2.35. The largest absolute Gasteiger partial charge is 0.494 e. The zero-order chi connectivity index (χ0) is 13.4. The van der Waals surface area contributed by atoms with E-state index in [-0.39, 0.29) is 6.42 Å². The molecule has 18 heavy (non-hydrogen) atoms. The number of aliphatic carboxylic acids is 1. The van der Waals surface area contributed by atoms with Crippen LogP contribution in [0.5, 0.6) is 5.75 Å². The van der Waals surface area contributed by atoms with Crippen LogP contribution in [0.1, 0.15) is 30.9 Å². The first-order valence-electron chi connectivity index (χ1n) is 6.28. The fourth-order valence-electron chi connectivity index (χ4n) is 1.74. The molecule has 0 aliphatic rings. The monoisotopic (exact) mass is 251 g/mol. The van der Waals surface area contributed by atoms with Gasteiger partial charge in [-0.05, 0) is 44.0 Å². The van der Waals surface area contributed by atoms with Crippen molar-refractivity contribution >= 4 is 5.97 Å². The Balaban J connectivity index is 2.34. The lowest BCUT2D eigenvalue weighted by molar-refractivity contribution is -0.137. The number of carbonyl (C=O) groups is 1. The van der Waals surface area contributed by atoms with E-state index in [4.69, 9.17) is 9.84 Å². The molecular weight excluding hydrogens is 230 g/mol. The maximum absolute atomic E-state index is 10.3. The summed E-state index contributed by atoms with van der Waals surface area (Å²) in [6.07, 6.45) is 0.876. The van der Waals surface area contributed by atoms with Gasteiger partial charge in [0.25, 0.3) is 0 Å². The molecule has 4 heteroatoms. The van der Waals surface area contributed by atoms with E-state index in [1.807, 2.05) is 26.0 Å². The van der Waals surface area contributed by atoms with E-state index in [1.54, 1.807) is 0 Å². The van der Waals surface area contributed by atoms with Crippen LogP contribution in [0.15, 0.2) is 18.2 Å². The van der Waals surface area contributed by atoms with Crippen LogP contribution >= 0.6 is 0 Å². The van der Waals surface area contributed by atoms with Crippen molar-refractivity contribution in [3.8, 4) is 5.75 Å². The van der Waals surface area contributed by atoms with Gasteiger partial charge in [-0.25, -0.2) is 0 Å². The van der Waals surface area contributed by atoms with Gasteiger partial charge in [0.15, 0.2) is 0 Å². The Morgan fingerprint density at radius 2 is 2.22 bits per heavy atom. The van der Waals surface area contributed by atoms with Crippen molar-refractivity contribution in [3.63, 3.8) is 0 Å². The zero-order valence-electron chi connectivity index (χ0n) is 11.0. The fraction of sp³-hybridized carbons (Fsp3) is 0.500. The second-order valence-corrected chi connectivity index (χ2v) is 4.21. The molecule has 0 amide bonds. The van der Waals surface area contributed by atoms with Crippen LogP contribution < -0.4 is 10.1 Å². The number of hydrogen-bond donors (Lipinski definition) is 2. The lowest BCUT2D eigenvalue weighted by Crippen LogP contribution is -2.15. The van der Waals surface area contributed by atoms with Crippen LogP contribution in [-0.2, 0) is 11.3 Å². The first-order chi connectivity index (χ1) is 8.63. The van der Waals surface area contributed by atoms with Crippen molar-refractivity contribution in [1.82, 2.24) is 5.32 Å².